The highest BCUT2D eigenvalue weighted by molar-refractivity contribution is 7.00. The molecule has 0 aliphatic carbocycles. The molecule has 0 N–H and O–H groups in total. The van der Waals surface area contributed by atoms with Crippen LogP contribution in [0.25, 0.3) is 27.5 Å². The molecule has 0 fully saturated rings. The SMILES string of the molecule is Cc1cccc2c3cccc(C)c3n(-c3cc4c5c(c3)N(c3ccccc3)c3ccccc3B5c3ccccc3N4c3ccccc3)c12. The van der Waals surface area contributed by atoms with Crippen LogP contribution in [0.5, 0.6) is 0 Å². The molecule has 3 heterocycles. The lowest BCUT2D eigenvalue weighted by Crippen LogP contribution is -2.61. The molecule has 1 aromatic heterocycles. The van der Waals surface area contributed by atoms with E-state index in [1.165, 1.54) is 72.1 Å². The molecule has 0 radical (unpaired) electrons. The van der Waals surface area contributed by atoms with Crippen molar-refractivity contribution in [2.45, 2.75) is 13.8 Å². The van der Waals surface area contributed by atoms with Crippen molar-refractivity contribution >= 4 is 79.0 Å². The third kappa shape index (κ3) is 3.71. The second kappa shape index (κ2) is 10.3. The van der Waals surface area contributed by atoms with Gasteiger partial charge in [-0.05, 0) is 89.9 Å². The average Bonchev–Trinajstić information content (AvgIpc) is 3.49. The standard InChI is InChI=1S/C44H32BN3/c1-29-15-13-21-34-35-22-14-16-30(2)44(35)48(43(29)34)33-27-40-42-41(28-33)47(32-19-7-4-8-20-32)39-26-12-10-24-37(39)45(42)36-23-9-11-25-38(36)46(40)31-17-5-3-6-18-31/h3-28H,1-2H3. The number of anilines is 6. The van der Waals surface area contributed by atoms with Gasteiger partial charge in [0.25, 0.3) is 6.71 Å². The summed E-state index contributed by atoms with van der Waals surface area (Å²) in [5, 5.41) is 2.57. The molecule has 0 saturated carbocycles. The minimum absolute atomic E-state index is 0.0954. The van der Waals surface area contributed by atoms with Gasteiger partial charge in [-0.15, -0.1) is 0 Å². The highest BCUT2D eigenvalue weighted by Gasteiger charge is 2.43. The van der Waals surface area contributed by atoms with Gasteiger partial charge in [-0.25, -0.2) is 0 Å². The highest BCUT2D eigenvalue weighted by atomic mass is 15.2. The molecular formula is C44H32BN3. The molecule has 7 aromatic carbocycles. The molecule has 0 spiro atoms. The van der Waals surface area contributed by atoms with E-state index in [4.69, 9.17) is 0 Å². The van der Waals surface area contributed by atoms with E-state index in [0.29, 0.717) is 0 Å². The summed E-state index contributed by atoms with van der Waals surface area (Å²) in [7, 11) is 0. The van der Waals surface area contributed by atoms with E-state index >= 15 is 0 Å². The van der Waals surface area contributed by atoms with E-state index in [1.807, 2.05) is 0 Å². The van der Waals surface area contributed by atoms with Crippen molar-refractivity contribution in [2.75, 3.05) is 9.80 Å². The summed E-state index contributed by atoms with van der Waals surface area (Å²) in [5.74, 6) is 0. The minimum atomic E-state index is 0.0954. The van der Waals surface area contributed by atoms with Crippen molar-refractivity contribution in [3.8, 4) is 5.69 Å². The van der Waals surface area contributed by atoms with E-state index in [0.717, 1.165) is 17.1 Å². The van der Waals surface area contributed by atoms with E-state index in [-0.39, 0.29) is 6.71 Å². The third-order valence-electron chi connectivity index (χ3n) is 10.4. The monoisotopic (exact) mass is 613 g/mol. The van der Waals surface area contributed by atoms with E-state index in [2.05, 4.69) is 186 Å². The van der Waals surface area contributed by atoms with Gasteiger partial charge in [0.15, 0.2) is 0 Å². The Morgan fingerprint density at radius 3 is 1.31 bits per heavy atom. The van der Waals surface area contributed by atoms with Gasteiger partial charge in [-0.3, -0.25) is 0 Å². The van der Waals surface area contributed by atoms with Crippen LogP contribution in [0, 0.1) is 13.8 Å². The molecule has 2 aliphatic heterocycles. The van der Waals surface area contributed by atoms with Crippen LogP contribution in [0.15, 0.2) is 158 Å². The number of benzene rings is 7. The predicted molar refractivity (Wildman–Crippen MR) is 204 cm³/mol. The summed E-state index contributed by atoms with van der Waals surface area (Å²) in [6.07, 6.45) is 0. The molecule has 48 heavy (non-hydrogen) atoms. The van der Waals surface area contributed by atoms with Crippen LogP contribution < -0.4 is 26.2 Å². The summed E-state index contributed by atoms with van der Waals surface area (Å²) >= 11 is 0. The fourth-order valence-corrected chi connectivity index (χ4v) is 8.44. The summed E-state index contributed by atoms with van der Waals surface area (Å²) in [4.78, 5) is 4.97. The largest absolute Gasteiger partial charge is 0.311 e. The fourth-order valence-electron chi connectivity index (χ4n) is 8.44. The third-order valence-corrected chi connectivity index (χ3v) is 10.4. The maximum absolute atomic E-state index is 2.52. The van der Waals surface area contributed by atoms with Gasteiger partial charge >= 0.3 is 0 Å². The summed E-state index contributed by atoms with van der Waals surface area (Å²) in [6, 6.07) is 58.0. The fraction of sp³-hybridized carbons (Fsp3) is 0.0455. The maximum atomic E-state index is 2.52. The first-order valence-electron chi connectivity index (χ1n) is 16.7. The number of nitrogens with zero attached hydrogens (tertiary/aromatic N) is 3. The average molecular weight is 614 g/mol. The zero-order valence-corrected chi connectivity index (χ0v) is 26.9. The zero-order valence-electron chi connectivity index (χ0n) is 26.9. The number of rotatable bonds is 3. The van der Waals surface area contributed by atoms with Gasteiger partial charge in [-0.2, -0.15) is 0 Å². The second-order valence-corrected chi connectivity index (χ2v) is 13.1. The summed E-state index contributed by atoms with van der Waals surface area (Å²) in [6.45, 7) is 4.58. The first kappa shape index (κ1) is 27.1. The Morgan fingerprint density at radius 1 is 0.396 bits per heavy atom. The molecule has 226 valence electrons. The first-order chi connectivity index (χ1) is 23.7. The van der Waals surface area contributed by atoms with E-state index in [1.54, 1.807) is 0 Å². The second-order valence-electron chi connectivity index (χ2n) is 13.1. The topological polar surface area (TPSA) is 11.4 Å². The number of para-hydroxylation sites is 6. The van der Waals surface area contributed by atoms with Gasteiger partial charge in [-0.1, -0.05) is 109 Å². The molecule has 0 unspecified atom stereocenters. The molecule has 2 aliphatic rings. The van der Waals surface area contributed by atoms with Crippen LogP contribution in [0.3, 0.4) is 0 Å². The molecule has 8 aromatic rings. The zero-order chi connectivity index (χ0) is 31.9. The minimum Gasteiger partial charge on any atom is -0.311 e. The Labute approximate surface area is 281 Å². The van der Waals surface area contributed by atoms with Gasteiger partial charge in [0.2, 0.25) is 0 Å². The van der Waals surface area contributed by atoms with Gasteiger partial charge in [0.1, 0.15) is 0 Å². The number of aryl methyl sites for hydroxylation is 2. The van der Waals surface area contributed by atoms with Crippen molar-refractivity contribution in [2.24, 2.45) is 0 Å². The lowest BCUT2D eigenvalue weighted by molar-refractivity contribution is 1.14. The summed E-state index contributed by atoms with van der Waals surface area (Å²) < 4.78 is 2.52. The number of hydrogen-bond donors (Lipinski definition) is 0. The van der Waals surface area contributed by atoms with E-state index < -0.39 is 0 Å². The summed E-state index contributed by atoms with van der Waals surface area (Å²) in [5.41, 5.74) is 17.4. The molecule has 3 nitrogen and oxygen atoms in total. The maximum Gasteiger partial charge on any atom is 0.252 e. The van der Waals surface area contributed by atoms with Crippen molar-refractivity contribution < 1.29 is 0 Å². The van der Waals surface area contributed by atoms with Crippen molar-refractivity contribution in [3.05, 3.63) is 169 Å². The highest BCUT2D eigenvalue weighted by Crippen LogP contribution is 2.46. The number of aromatic nitrogens is 1. The lowest BCUT2D eigenvalue weighted by Gasteiger charge is -2.44. The van der Waals surface area contributed by atoms with Crippen LogP contribution in [-0.4, -0.2) is 11.3 Å². The number of hydrogen-bond acceptors (Lipinski definition) is 2. The Hall–Kier alpha value is -6.00. The van der Waals surface area contributed by atoms with Gasteiger partial charge < -0.3 is 14.4 Å². The molecule has 0 atom stereocenters. The lowest BCUT2D eigenvalue weighted by atomic mass is 9.33. The Morgan fingerprint density at radius 2 is 0.833 bits per heavy atom. The first-order valence-corrected chi connectivity index (χ1v) is 16.7. The molecule has 4 heteroatoms. The van der Waals surface area contributed by atoms with Crippen molar-refractivity contribution in [1.82, 2.24) is 4.57 Å². The van der Waals surface area contributed by atoms with Gasteiger partial charge in [0, 0.05) is 44.9 Å². The number of fused-ring (bicyclic) bond motifs is 7. The molecule has 10 rings (SSSR count). The molecule has 0 bridgehead atoms. The Kier molecular flexibility index (Phi) is 5.80. The van der Waals surface area contributed by atoms with Crippen molar-refractivity contribution in [3.63, 3.8) is 0 Å². The van der Waals surface area contributed by atoms with Crippen LogP contribution in [0.4, 0.5) is 34.1 Å². The Bertz CT molecular complexity index is 2380. The quantitative estimate of drug-likeness (QED) is 0.184. The normalized spacial score (nSPS) is 13.1. The van der Waals surface area contributed by atoms with Crippen LogP contribution in [0.1, 0.15) is 11.1 Å². The van der Waals surface area contributed by atoms with Crippen molar-refractivity contribution in [1.29, 1.82) is 0 Å². The smallest absolute Gasteiger partial charge is 0.252 e. The van der Waals surface area contributed by atoms with Crippen LogP contribution >= 0.6 is 0 Å². The Balaban J connectivity index is 1.39. The predicted octanol–water partition coefficient (Wildman–Crippen LogP) is 9.48. The van der Waals surface area contributed by atoms with Crippen LogP contribution in [0.2, 0.25) is 0 Å². The molecule has 0 amide bonds. The van der Waals surface area contributed by atoms with E-state index in [9.17, 15) is 0 Å². The van der Waals surface area contributed by atoms with Gasteiger partial charge in [0.05, 0.1) is 16.7 Å². The van der Waals surface area contributed by atoms with Crippen LogP contribution in [-0.2, 0) is 0 Å². The molecular weight excluding hydrogens is 581 g/mol. The molecule has 0 saturated heterocycles.